The lowest BCUT2D eigenvalue weighted by Crippen LogP contribution is -2.46. The van der Waals surface area contributed by atoms with Gasteiger partial charge in [0, 0.05) is 19.5 Å². The molecule has 3 rings (SSSR count). The van der Waals surface area contributed by atoms with Crippen LogP contribution in [0.1, 0.15) is 24.8 Å². The Morgan fingerprint density at radius 1 is 1.27 bits per heavy atom. The Labute approximate surface area is 130 Å². The largest absolute Gasteiger partial charge is 0.342 e. The summed E-state index contributed by atoms with van der Waals surface area (Å²) in [6.45, 7) is 2.49. The third kappa shape index (κ3) is 3.47. The summed E-state index contributed by atoms with van der Waals surface area (Å²) < 4.78 is 0. The monoisotopic (exact) mass is 302 g/mol. The van der Waals surface area contributed by atoms with E-state index < -0.39 is 0 Å². The lowest BCUT2D eigenvalue weighted by Gasteiger charge is -2.33. The number of piperidine rings is 1. The Bertz CT molecular complexity index is 526. The molecule has 2 heterocycles. The molecule has 0 radical (unpaired) electrons. The van der Waals surface area contributed by atoms with E-state index in [0.717, 1.165) is 12.8 Å². The van der Waals surface area contributed by atoms with Gasteiger partial charge in [-0.05, 0) is 24.8 Å². The van der Waals surface area contributed by atoms with Gasteiger partial charge in [-0.3, -0.25) is 14.4 Å². The van der Waals surface area contributed by atoms with Crippen LogP contribution in [0.25, 0.3) is 0 Å². The zero-order valence-corrected chi connectivity index (χ0v) is 12.7. The van der Waals surface area contributed by atoms with Crippen LogP contribution < -0.4 is 0 Å². The van der Waals surface area contributed by atoms with Crippen LogP contribution in [0.2, 0.25) is 0 Å². The first-order valence-corrected chi connectivity index (χ1v) is 8.00. The molecular formula is C17H22N2O3. The van der Waals surface area contributed by atoms with E-state index in [2.05, 4.69) is 12.1 Å². The molecule has 2 aliphatic heterocycles. The fraction of sp³-hybridized carbons (Fsp3) is 0.529. The summed E-state index contributed by atoms with van der Waals surface area (Å²) in [4.78, 5) is 31.6. The molecule has 2 amide bonds. The summed E-state index contributed by atoms with van der Waals surface area (Å²) in [5.41, 5.74) is 1.21. The molecule has 0 N–H and O–H groups in total. The Hall–Kier alpha value is -1.88. The van der Waals surface area contributed by atoms with Gasteiger partial charge in [0.15, 0.2) is 0 Å². The molecule has 1 unspecified atom stereocenters. The van der Waals surface area contributed by atoms with Gasteiger partial charge in [0.05, 0.1) is 19.1 Å². The van der Waals surface area contributed by atoms with E-state index in [1.807, 2.05) is 23.1 Å². The second-order valence-electron chi connectivity index (χ2n) is 5.94. The highest BCUT2D eigenvalue weighted by molar-refractivity contribution is 5.83. The van der Waals surface area contributed by atoms with Crippen molar-refractivity contribution in [2.75, 3.05) is 26.2 Å². The first-order chi connectivity index (χ1) is 10.7. The number of amides is 2. The Morgan fingerprint density at radius 3 is 2.82 bits per heavy atom. The summed E-state index contributed by atoms with van der Waals surface area (Å²) >= 11 is 0. The fourth-order valence-electron chi connectivity index (χ4n) is 3.07. The normalized spacial score (nSPS) is 22.2. The molecular weight excluding hydrogens is 280 g/mol. The van der Waals surface area contributed by atoms with Crippen LogP contribution in [0.5, 0.6) is 0 Å². The third-order valence-corrected chi connectivity index (χ3v) is 4.36. The van der Waals surface area contributed by atoms with Gasteiger partial charge in [0.25, 0.3) is 5.91 Å². The summed E-state index contributed by atoms with van der Waals surface area (Å²) in [5, 5.41) is 1.48. The van der Waals surface area contributed by atoms with E-state index in [4.69, 9.17) is 4.84 Å². The van der Waals surface area contributed by atoms with E-state index in [1.54, 1.807) is 0 Å². The molecule has 1 aromatic rings. The Kier molecular flexibility index (Phi) is 4.73. The average Bonchev–Trinajstić information content (AvgIpc) is 3.09. The minimum atomic E-state index is -0.119. The summed E-state index contributed by atoms with van der Waals surface area (Å²) in [6.07, 6.45) is 2.82. The molecule has 118 valence electrons. The maximum absolute atomic E-state index is 12.4. The molecule has 0 spiro atoms. The zero-order valence-electron chi connectivity index (χ0n) is 12.7. The average molecular weight is 302 g/mol. The number of nitrogens with zero attached hydrogens (tertiary/aromatic N) is 2. The number of carbonyl (C=O) groups is 2. The summed E-state index contributed by atoms with van der Waals surface area (Å²) in [6, 6.07) is 10.1. The maximum Gasteiger partial charge on any atom is 0.251 e. The van der Waals surface area contributed by atoms with E-state index in [0.29, 0.717) is 39.1 Å². The van der Waals surface area contributed by atoms with Crippen molar-refractivity contribution in [3.63, 3.8) is 0 Å². The zero-order chi connectivity index (χ0) is 15.4. The van der Waals surface area contributed by atoms with Gasteiger partial charge >= 0.3 is 0 Å². The highest BCUT2D eigenvalue weighted by Gasteiger charge is 2.34. The standard InChI is InChI=1S/C17H22N2O3/c20-16-8-7-15(17(21)19-10-4-12-22-19)13-18(16)11-9-14-5-2-1-3-6-14/h1-3,5-6,15H,4,7-13H2. The van der Waals surface area contributed by atoms with E-state index in [1.165, 1.54) is 10.6 Å². The third-order valence-electron chi connectivity index (χ3n) is 4.36. The Balaban J connectivity index is 1.56. The Morgan fingerprint density at radius 2 is 2.09 bits per heavy atom. The summed E-state index contributed by atoms with van der Waals surface area (Å²) in [5.74, 6) is 0.0728. The van der Waals surface area contributed by atoms with Gasteiger partial charge in [0.1, 0.15) is 0 Å². The lowest BCUT2D eigenvalue weighted by atomic mass is 9.96. The van der Waals surface area contributed by atoms with E-state index in [9.17, 15) is 9.59 Å². The molecule has 0 saturated carbocycles. The van der Waals surface area contributed by atoms with Gasteiger partial charge in [-0.1, -0.05) is 30.3 Å². The number of benzene rings is 1. The van der Waals surface area contributed by atoms with Crippen LogP contribution in [0.4, 0.5) is 0 Å². The minimum absolute atomic E-state index is 0.0368. The molecule has 22 heavy (non-hydrogen) atoms. The summed E-state index contributed by atoms with van der Waals surface area (Å²) in [7, 11) is 0. The van der Waals surface area contributed by atoms with Crippen molar-refractivity contribution in [1.82, 2.24) is 9.96 Å². The van der Waals surface area contributed by atoms with Crippen LogP contribution in [-0.4, -0.2) is 48.0 Å². The van der Waals surface area contributed by atoms with Crippen molar-refractivity contribution < 1.29 is 14.4 Å². The first kappa shape index (κ1) is 15.0. The predicted molar refractivity (Wildman–Crippen MR) is 81.7 cm³/mol. The lowest BCUT2D eigenvalue weighted by molar-refractivity contribution is -0.175. The molecule has 0 aliphatic carbocycles. The van der Waals surface area contributed by atoms with Crippen LogP contribution >= 0.6 is 0 Å². The van der Waals surface area contributed by atoms with Crippen molar-refractivity contribution in [2.45, 2.75) is 25.7 Å². The predicted octanol–water partition coefficient (Wildman–Crippen LogP) is 1.63. The fourth-order valence-corrected chi connectivity index (χ4v) is 3.07. The molecule has 5 heteroatoms. The number of hydrogen-bond donors (Lipinski definition) is 0. The van der Waals surface area contributed by atoms with Gasteiger partial charge in [-0.15, -0.1) is 0 Å². The second-order valence-corrected chi connectivity index (χ2v) is 5.94. The molecule has 1 atom stereocenters. The van der Waals surface area contributed by atoms with Crippen LogP contribution in [-0.2, 0) is 20.8 Å². The van der Waals surface area contributed by atoms with Crippen molar-refractivity contribution >= 4 is 11.8 Å². The molecule has 1 aromatic carbocycles. The number of hydroxylamine groups is 2. The van der Waals surface area contributed by atoms with Gasteiger partial charge in [-0.2, -0.15) is 0 Å². The van der Waals surface area contributed by atoms with Crippen LogP contribution in [0.15, 0.2) is 30.3 Å². The highest BCUT2D eigenvalue weighted by Crippen LogP contribution is 2.22. The molecule has 2 aliphatic rings. The topological polar surface area (TPSA) is 49.9 Å². The van der Waals surface area contributed by atoms with Crippen molar-refractivity contribution in [3.8, 4) is 0 Å². The first-order valence-electron chi connectivity index (χ1n) is 8.00. The van der Waals surface area contributed by atoms with Gasteiger partial charge in [-0.25, -0.2) is 5.06 Å². The smallest absolute Gasteiger partial charge is 0.251 e. The molecule has 2 saturated heterocycles. The molecule has 2 fully saturated rings. The van der Waals surface area contributed by atoms with E-state index in [-0.39, 0.29) is 17.7 Å². The van der Waals surface area contributed by atoms with E-state index >= 15 is 0 Å². The highest BCUT2D eigenvalue weighted by atomic mass is 16.7. The number of hydrogen-bond acceptors (Lipinski definition) is 3. The number of carbonyl (C=O) groups excluding carboxylic acids is 2. The maximum atomic E-state index is 12.4. The van der Waals surface area contributed by atoms with Gasteiger partial charge < -0.3 is 4.90 Å². The quantitative estimate of drug-likeness (QED) is 0.849. The van der Waals surface area contributed by atoms with Crippen molar-refractivity contribution in [3.05, 3.63) is 35.9 Å². The molecule has 0 aromatic heterocycles. The van der Waals surface area contributed by atoms with Crippen molar-refractivity contribution in [2.24, 2.45) is 5.92 Å². The number of likely N-dealkylation sites (tertiary alicyclic amines) is 1. The van der Waals surface area contributed by atoms with Gasteiger partial charge in [0.2, 0.25) is 5.91 Å². The SMILES string of the molecule is O=C1CCC(C(=O)N2CCCO2)CN1CCc1ccccc1. The minimum Gasteiger partial charge on any atom is -0.342 e. The van der Waals surface area contributed by atoms with Crippen molar-refractivity contribution in [1.29, 1.82) is 0 Å². The molecule has 5 nitrogen and oxygen atoms in total. The number of rotatable bonds is 4. The molecule has 0 bridgehead atoms. The van der Waals surface area contributed by atoms with Crippen LogP contribution in [0.3, 0.4) is 0 Å². The van der Waals surface area contributed by atoms with Crippen LogP contribution in [0, 0.1) is 5.92 Å². The second kappa shape index (κ2) is 6.92.